The van der Waals surface area contributed by atoms with Crippen molar-refractivity contribution < 1.29 is 14.5 Å². The molecule has 160 valence electrons. The monoisotopic (exact) mass is 421 g/mol. The molecular formula is C22H23N5O4. The number of hydrogen-bond donors (Lipinski definition) is 3. The number of nitrogens with zero attached hydrogens (tertiary/aromatic N) is 2. The van der Waals surface area contributed by atoms with E-state index in [1.54, 1.807) is 23.1 Å². The molecule has 1 saturated carbocycles. The summed E-state index contributed by atoms with van der Waals surface area (Å²) < 4.78 is 0. The van der Waals surface area contributed by atoms with Crippen molar-refractivity contribution in [2.24, 2.45) is 11.1 Å². The quantitative estimate of drug-likeness (QED) is 0.392. The van der Waals surface area contributed by atoms with E-state index in [0.717, 1.165) is 18.4 Å². The first-order valence-corrected chi connectivity index (χ1v) is 10.2. The number of carbonyl (C=O) groups excluding carboxylic acids is 2. The highest BCUT2D eigenvalue weighted by molar-refractivity contribution is 5.94. The number of rotatable bonds is 4. The first kappa shape index (κ1) is 19.3. The highest BCUT2D eigenvalue weighted by atomic mass is 16.6. The number of urea groups is 1. The molecule has 5 N–H and O–H groups in total. The lowest BCUT2D eigenvalue weighted by atomic mass is 9.76. The van der Waals surface area contributed by atoms with E-state index in [1.807, 2.05) is 12.1 Å². The van der Waals surface area contributed by atoms with Gasteiger partial charge in [-0.05, 0) is 35.6 Å². The molecule has 2 aromatic rings. The van der Waals surface area contributed by atoms with E-state index in [4.69, 9.17) is 11.5 Å². The Balaban J connectivity index is 1.73. The summed E-state index contributed by atoms with van der Waals surface area (Å²) in [6, 6.07) is 11.4. The lowest BCUT2D eigenvalue weighted by Crippen LogP contribution is -2.68. The van der Waals surface area contributed by atoms with Gasteiger partial charge in [-0.2, -0.15) is 0 Å². The highest BCUT2D eigenvalue weighted by Crippen LogP contribution is 2.54. The lowest BCUT2D eigenvalue weighted by molar-refractivity contribution is -0.384. The number of carbonyl (C=O) groups is 2. The fourth-order valence-electron chi connectivity index (χ4n) is 5.26. The van der Waals surface area contributed by atoms with Crippen molar-refractivity contribution in [2.75, 3.05) is 18.8 Å². The summed E-state index contributed by atoms with van der Waals surface area (Å²) in [5.74, 6) is -1.27. The largest absolute Gasteiger partial charge is 0.398 e. The van der Waals surface area contributed by atoms with E-state index in [9.17, 15) is 19.7 Å². The van der Waals surface area contributed by atoms with Crippen molar-refractivity contribution in [3.8, 4) is 0 Å². The molecule has 9 nitrogen and oxygen atoms in total. The van der Waals surface area contributed by atoms with Crippen molar-refractivity contribution in [1.82, 2.24) is 10.2 Å². The molecule has 3 aliphatic rings. The molecule has 31 heavy (non-hydrogen) atoms. The van der Waals surface area contributed by atoms with Crippen LogP contribution in [0.25, 0.3) is 0 Å². The second kappa shape index (κ2) is 6.44. The molecule has 5 rings (SSSR count). The second-order valence-corrected chi connectivity index (χ2v) is 8.91. The van der Waals surface area contributed by atoms with Crippen molar-refractivity contribution in [2.45, 2.75) is 30.7 Å². The van der Waals surface area contributed by atoms with Gasteiger partial charge in [0.1, 0.15) is 5.54 Å². The second-order valence-electron chi connectivity index (χ2n) is 8.91. The Hall–Kier alpha value is -3.62. The van der Waals surface area contributed by atoms with Gasteiger partial charge >= 0.3 is 6.03 Å². The highest BCUT2D eigenvalue weighted by Gasteiger charge is 2.61. The number of primary amides is 1. The summed E-state index contributed by atoms with van der Waals surface area (Å²) in [6.07, 6.45) is 2.03. The van der Waals surface area contributed by atoms with Gasteiger partial charge in [0.15, 0.2) is 0 Å². The maximum absolute atomic E-state index is 13.2. The summed E-state index contributed by atoms with van der Waals surface area (Å²) in [4.78, 5) is 38.7. The number of nitrogens with one attached hydrogen (secondary N) is 1. The molecule has 9 heteroatoms. The maximum atomic E-state index is 13.2. The third kappa shape index (κ3) is 2.76. The maximum Gasteiger partial charge on any atom is 0.318 e. The first-order chi connectivity index (χ1) is 14.8. The zero-order valence-corrected chi connectivity index (χ0v) is 16.8. The van der Waals surface area contributed by atoms with Gasteiger partial charge in [-0.15, -0.1) is 0 Å². The van der Waals surface area contributed by atoms with Gasteiger partial charge in [0, 0.05) is 48.7 Å². The minimum Gasteiger partial charge on any atom is -0.398 e. The minimum atomic E-state index is -1.41. The van der Waals surface area contributed by atoms with Crippen LogP contribution < -0.4 is 16.8 Å². The van der Waals surface area contributed by atoms with E-state index >= 15 is 0 Å². The van der Waals surface area contributed by atoms with Gasteiger partial charge in [0.2, 0.25) is 5.91 Å². The molecule has 1 spiro atoms. The lowest BCUT2D eigenvalue weighted by Gasteiger charge is -2.47. The number of benzene rings is 2. The topological polar surface area (TPSA) is 145 Å². The Labute approximate surface area is 178 Å². The van der Waals surface area contributed by atoms with Gasteiger partial charge in [0.25, 0.3) is 5.69 Å². The first-order valence-electron chi connectivity index (χ1n) is 10.2. The van der Waals surface area contributed by atoms with Crippen molar-refractivity contribution in [3.63, 3.8) is 0 Å². The predicted octanol–water partition coefficient (Wildman–Crippen LogP) is 1.89. The number of anilines is 1. The zero-order chi connectivity index (χ0) is 22.0. The van der Waals surface area contributed by atoms with Crippen LogP contribution in [0.15, 0.2) is 42.5 Å². The van der Waals surface area contributed by atoms with Crippen LogP contribution in [0.4, 0.5) is 16.2 Å². The average molecular weight is 421 g/mol. The van der Waals surface area contributed by atoms with Crippen molar-refractivity contribution in [1.29, 1.82) is 0 Å². The number of fused-ring (bicyclic) bond motifs is 1. The summed E-state index contributed by atoms with van der Waals surface area (Å²) in [6.45, 7) is 0.995. The summed E-state index contributed by atoms with van der Waals surface area (Å²) in [7, 11) is 0. The molecule has 3 amide bonds. The van der Waals surface area contributed by atoms with Crippen LogP contribution in [0, 0.1) is 15.5 Å². The number of hydrogen-bond acceptors (Lipinski definition) is 5. The number of non-ortho nitro benzene ring substituents is 1. The molecule has 1 saturated heterocycles. The number of nitro groups is 1. The summed E-state index contributed by atoms with van der Waals surface area (Å²) >= 11 is 0. The fraction of sp³-hybridized carbons (Fsp3) is 0.364. The SMILES string of the molecule is NC(=O)C1(N2CC3(CC3)CNC2=O)Cc2cc([N+](=O)[O-])ccc2C1c1ccccc1N. The van der Waals surface area contributed by atoms with E-state index in [1.165, 1.54) is 12.1 Å². The fourth-order valence-corrected chi connectivity index (χ4v) is 5.26. The number of amides is 3. The molecule has 1 heterocycles. The van der Waals surface area contributed by atoms with Crippen LogP contribution in [0.5, 0.6) is 0 Å². The Morgan fingerprint density at radius 2 is 1.94 bits per heavy atom. The van der Waals surface area contributed by atoms with Gasteiger partial charge in [0.05, 0.1) is 4.92 Å². The minimum absolute atomic E-state index is 0.0517. The van der Waals surface area contributed by atoms with Gasteiger partial charge in [-0.25, -0.2) is 4.79 Å². The van der Waals surface area contributed by atoms with E-state index in [0.29, 0.717) is 29.9 Å². The number of para-hydroxylation sites is 1. The molecule has 2 aliphatic carbocycles. The molecule has 2 aromatic carbocycles. The van der Waals surface area contributed by atoms with Gasteiger partial charge < -0.3 is 21.7 Å². The van der Waals surface area contributed by atoms with Crippen LogP contribution in [0.1, 0.15) is 35.4 Å². The smallest absolute Gasteiger partial charge is 0.318 e. The van der Waals surface area contributed by atoms with Crippen LogP contribution in [0.2, 0.25) is 0 Å². The van der Waals surface area contributed by atoms with Gasteiger partial charge in [-0.3, -0.25) is 14.9 Å². The van der Waals surface area contributed by atoms with Crippen LogP contribution in [0.3, 0.4) is 0 Å². The average Bonchev–Trinajstić information content (AvgIpc) is 3.40. The Morgan fingerprint density at radius 1 is 1.19 bits per heavy atom. The van der Waals surface area contributed by atoms with Crippen molar-refractivity contribution in [3.05, 3.63) is 69.3 Å². The summed E-state index contributed by atoms with van der Waals surface area (Å²) in [5.41, 5.74) is 13.3. The third-order valence-corrected chi connectivity index (χ3v) is 7.11. The Morgan fingerprint density at radius 3 is 2.58 bits per heavy atom. The molecule has 2 fully saturated rings. The van der Waals surface area contributed by atoms with Crippen LogP contribution in [-0.4, -0.2) is 40.4 Å². The van der Waals surface area contributed by atoms with Crippen LogP contribution >= 0.6 is 0 Å². The van der Waals surface area contributed by atoms with E-state index < -0.39 is 22.3 Å². The van der Waals surface area contributed by atoms with Crippen molar-refractivity contribution >= 4 is 23.3 Å². The molecule has 2 atom stereocenters. The third-order valence-electron chi connectivity index (χ3n) is 7.11. The molecule has 0 radical (unpaired) electrons. The molecule has 0 aromatic heterocycles. The number of nitrogen functional groups attached to an aromatic ring is 1. The van der Waals surface area contributed by atoms with E-state index in [-0.39, 0.29) is 23.6 Å². The zero-order valence-electron chi connectivity index (χ0n) is 16.8. The summed E-state index contributed by atoms with van der Waals surface area (Å²) in [5, 5.41) is 14.3. The predicted molar refractivity (Wildman–Crippen MR) is 113 cm³/mol. The van der Waals surface area contributed by atoms with Gasteiger partial charge in [-0.1, -0.05) is 24.3 Å². The molecule has 0 bridgehead atoms. The Bertz CT molecular complexity index is 1130. The molecule has 2 unspecified atom stereocenters. The number of nitrogens with two attached hydrogens (primary N) is 2. The number of nitro benzene ring substituents is 1. The standard InChI is InChI=1S/C22H23N5O4/c23-17-4-2-1-3-16(17)18-15-6-5-14(27(30)31)9-13(15)10-22(18,19(24)28)26-12-21(7-8-21)11-25-20(26)29/h1-6,9,18H,7-8,10-12,23H2,(H2,24,28)(H,25,29). The Kier molecular flexibility index (Phi) is 4.02. The van der Waals surface area contributed by atoms with E-state index in [2.05, 4.69) is 5.32 Å². The normalized spacial score (nSPS) is 25.7. The van der Waals surface area contributed by atoms with Crippen LogP contribution in [-0.2, 0) is 11.2 Å². The molecule has 1 aliphatic heterocycles. The molecular weight excluding hydrogens is 398 g/mol.